The molecule has 0 aliphatic carbocycles. The van der Waals surface area contributed by atoms with Crippen molar-refractivity contribution in [3.8, 4) is 0 Å². The van der Waals surface area contributed by atoms with Crippen molar-refractivity contribution in [2.75, 3.05) is 16.1 Å². The summed E-state index contributed by atoms with van der Waals surface area (Å²) >= 11 is 5.93. The van der Waals surface area contributed by atoms with Gasteiger partial charge in [0.25, 0.3) is 5.91 Å². The summed E-state index contributed by atoms with van der Waals surface area (Å²) in [6.07, 6.45) is 0. The highest BCUT2D eigenvalue weighted by molar-refractivity contribution is 6.46. The molecule has 6 heteroatoms. The number of carbonyl (C=O) groups excluding carboxylic acids is 1. The second-order valence-electron chi connectivity index (χ2n) is 4.98. The maximum absolute atomic E-state index is 12.3. The van der Waals surface area contributed by atoms with Crippen LogP contribution in [0.15, 0.2) is 53.6 Å². The lowest BCUT2D eigenvalue weighted by Crippen LogP contribution is -2.34. The predicted octanol–water partition coefficient (Wildman–Crippen LogP) is 3.56. The van der Waals surface area contributed by atoms with Gasteiger partial charge in [0.1, 0.15) is 5.71 Å². The summed E-state index contributed by atoms with van der Waals surface area (Å²) < 4.78 is 0. The molecular weight excluding hydrogens is 300 g/mol. The largest absolute Gasteiger partial charge is 0.375 e. The number of halogens is 1. The van der Waals surface area contributed by atoms with Gasteiger partial charge >= 0.3 is 0 Å². The van der Waals surface area contributed by atoms with Crippen LogP contribution >= 0.6 is 11.6 Å². The third-order valence-electron chi connectivity index (χ3n) is 3.32. The highest BCUT2D eigenvalue weighted by atomic mass is 35.5. The maximum Gasteiger partial charge on any atom is 0.274 e. The van der Waals surface area contributed by atoms with Gasteiger partial charge in [-0.2, -0.15) is 5.10 Å². The molecule has 0 fully saturated rings. The molecule has 1 aliphatic heterocycles. The van der Waals surface area contributed by atoms with Crippen LogP contribution in [0, 0.1) is 0 Å². The lowest BCUT2D eigenvalue weighted by Gasteiger charge is -2.13. The van der Waals surface area contributed by atoms with E-state index in [1.54, 1.807) is 12.1 Å². The monoisotopic (exact) mass is 314 g/mol. The topological polar surface area (TPSA) is 65.5 Å². The van der Waals surface area contributed by atoms with E-state index >= 15 is 0 Å². The van der Waals surface area contributed by atoms with E-state index in [1.807, 2.05) is 43.3 Å². The number of amides is 1. The number of benzene rings is 2. The molecule has 2 aromatic carbocycles. The Kier molecular flexibility index (Phi) is 3.98. The molecule has 2 aromatic rings. The van der Waals surface area contributed by atoms with E-state index in [9.17, 15) is 4.79 Å². The van der Waals surface area contributed by atoms with E-state index in [1.165, 1.54) is 0 Å². The molecule has 5 nitrogen and oxygen atoms in total. The van der Waals surface area contributed by atoms with Crippen LogP contribution in [0.2, 0.25) is 5.02 Å². The summed E-state index contributed by atoms with van der Waals surface area (Å²) in [5.74, 6) is -0.237. The van der Waals surface area contributed by atoms with Crippen molar-refractivity contribution in [1.82, 2.24) is 0 Å². The molecule has 3 N–H and O–H groups in total. The van der Waals surface area contributed by atoms with Gasteiger partial charge < -0.3 is 10.6 Å². The summed E-state index contributed by atoms with van der Waals surface area (Å²) in [6, 6.07) is 14.5. The molecular formula is C16H15ClN4O. The quantitative estimate of drug-likeness (QED) is 0.743. The molecule has 0 aromatic heterocycles. The number of hydrazone groups is 1. The predicted molar refractivity (Wildman–Crippen MR) is 90.7 cm³/mol. The highest BCUT2D eigenvalue weighted by Gasteiger charge is 2.24. The van der Waals surface area contributed by atoms with Crippen molar-refractivity contribution >= 4 is 40.3 Å². The average Bonchev–Trinajstić information content (AvgIpc) is 2.61. The Labute approximate surface area is 133 Å². The Morgan fingerprint density at radius 3 is 2.68 bits per heavy atom. The summed E-state index contributed by atoms with van der Waals surface area (Å²) in [4.78, 5) is 12.3. The minimum Gasteiger partial charge on any atom is -0.375 e. The average molecular weight is 315 g/mol. The van der Waals surface area contributed by atoms with Gasteiger partial charge in [-0.05, 0) is 37.3 Å². The Morgan fingerprint density at radius 1 is 1.14 bits per heavy atom. The first kappa shape index (κ1) is 14.4. The summed E-state index contributed by atoms with van der Waals surface area (Å²) in [5, 5.41) is 11.0. The van der Waals surface area contributed by atoms with Gasteiger partial charge in [-0.1, -0.05) is 29.8 Å². The molecule has 1 aliphatic rings. The number of nitrogens with one attached hydrogen (secondary N) is 3. The van der Waals surface area contributed by atoms with Crippen molar-refractivity contribution in [1.29, 1.82) is 0 Å². The van der Waals surface area contributed by atoms with Crippen molar-refractivity contribution in [3.05, 3.63) is 53.6 Å². The van der Waals surface area contributed by atoms with E-state index in [4.69, 9.17) is 11.6 Å². The molecule has 0 radical (unpaired) electrons. The van der Waals surface area contributed by atoms with Crippen LogP contribution in [0.25, 0.3) is 0 Å². The molecule has 1 unspecified atom stereocenters. The van der Waals surface area contributed by atoms with E-state index in [2.05, 4.69) is 21.2 Å². The number of para-hydroxylation sites is 2. The number of anilines is 3. The lowest BCUT2D eigenvalue weighted by atomic mass is 10.2. The zero-order valence-corrected chi connectivity index (χ0v) is 12.7. The number of nitrogens with zero attached hydrogens (tertiary/aromatic N) is 1. The van der Waals surface area contributed by atoms with Gasteiger partial charge in [-0.25, -0.2) is 0 Å². The van der Waals surface area contributed by atoms with E-state index in [-0.39, 0.29) is 11.9 Å². The number of hydrogen-bond donors (Lipinski definition) is 3. The van der Waals surface area contributed by atoms with Crippen LogP contribution in [-0.4, -0.2) is 17.7 Å². The molecule has 1 atom stereocenters. The molecule has 22 heavy (non-hydrogen) atoms. The fourth-order valence-corrected chi connectivity index (χ4v) is 2.42. The Hall–Kier alpha value is -2.53. The SMILES string of the molecule is CC1Nc2ccccc2NC(=O)/C1=N\Nc1cccc(Cl)c1. The van der Waals surface area contributed by atoms with E-state index in [0.29, 0.717) is 10.7 Å². The van der Waals surface area contributed by atoms with Gasteiger partial charge in [-0.3, -0.25) is 10.2 Å². The zero-order valence-electron chi connectivity index (χ0n) is 11.9. The fraction of sp³-hybridized carbons (Fsp3) is 0.125. The summed E-state index contributed by atoms with van der Waals surface area (Å²) in [6.45, 7) is 1.89. The Morgan fingerprint density at radius 2 is 1.91 bits per heavy atom. The van der Waals surface area contributed by atoms with Gasteiger partial charge in [0.15, 0.2) is 0 Å². The van der Waals surface area contributed by atoms with Crippen LogP contribution in [0.1, 0.15) is 6.92 Å². The minimum atomic E-state index is -0.237. The molecule has 1 amide bonds. The first-order valence-corrected chi connectivity index (χ1v) is 7.27. The molecule has 0 spiro atoms. The maximum atomic E-state index is 12.3. The first-order chi connectivity index (χ1) is 10.6. The standard InChI is InChI=1S/C16H15ClN4O/c1-10-15(21-20-12-6-4-5-11(17)9-12)16(22)19-14-8-3-2-7-13(14)18-10/h2-10,18,20H,1H3,(H,19,22)/b21-15-. The second-order valence-corrected chi connectivity index (χ2v) is 5.42. The van der Waals surface area contributed by atoms with Gasteiger partial charge in [-0.15, -0.1) is 0 Å². The van der Waals surface area contributed by atoms with E-state index in [0.717, 1.165) is 17.1 Å². The number of rotatable bonds is 2. The van der Waals surface area contributed by atoms with Crippen molar-refractivity contribution < 1.29 is 4.79 Å². The van der Waals surface area contributed by atoms with Crippen molar-refractivity contribution in [3.63, 3.8) is 0 Å². The van der Waals surface area contributed by atoms with Crippen LogP contribution in [0.5, 0.6) is 0 Å². The second kappa shape index (κ2) is 6.07. The molecule has 3 rings (SSSR count). The molecule has 112 valence electrons. The van der Waals surface area contributed by atoms with Crippen LogP contribution in [-0.2, 0) is 4.79 Å². The summed E-state index contributed by atoms with van der Waals surface area (Å²) in [5.41, 5.74) is 5.58. The third kappa shape index (κ3) is 3.04. The first-order valence-electron chi connectivity index (χ1n) is 6.89. The molecule has 1 heterocycles. The fourth-order valence-electron chi connectivity index (χ4n) is 2.23. The molecule has 0 saturated heterocycles. The van der Waals surface area contributed by atoms with Gasteiger partial charge in [0.05, 0.1) is 23.1 Å². The van der Waals surface area contributed by atoms with Crippen molar-refractivity contribution in [2.45, 2.75) is 13.0 Å². The van der Waals surface area contributed by atoms with Gasteiger partial charge in [0.2, 0.25) is 0 Å². The van der Waals surface area contributed by atoms with Crippen LogP contribution in [0.3, 0.4) is 0 Å². The zero-order chi connectivity index (χ0) is 15.5. The Balaban J connectivity index is 1.85. The van der Waals surface area contributed by atoms with Crippen LogP contribution in [0.4, 0.5) is 17.1 Å². The van der Waals surface area contributed by atoms with E-state index < -0.39 is 0 Å². The minimum absolute atomic E-state index is 0.227. The van der Waals surface area contributed by atoms with Crippen molar-refractivity contribution in [2.24, 2.45) is 5.10 Å². The number of fused-ring (bicyclic) bond motifs is 1. The Bertz CT molecular complexity index is 744. The van der Waals surface area contributed by atoms with Gasteiger partial charge in [0, 0.05) is 5.02 Å². The summed E-state index contributed by atoms with van der Waals surface area (Å²) in [7, 11) is 0. The smallest absolute Gasteiger partial charge is 0.274 e. The number of hydrogen-bond acceptors (Lipinski definition) is 4. The number of carbonyl (C=O) groups is 1. The highest BCUT2D eigenvalue weighted by Crippen LogP contribution is 2.24. The van der Waals surface area contributed by atoms with Crippen LogP contribution < -0.4 is 16.1 Å². The lowest BCUT2D eigenvalue weighted by molar-refractivity contribution is -0.110. The molecule has 0 bridgehead atoms. The molecule has 0 saturated carbocycles. The third-order valence-corrected chi connectivity index (χ3v) is 3.56. The normalized spacial score (nSPS) is 18.9.